The molecule has 0 fully saturated rings. The van der Waals surface area contributed by atoms with Gasteiger partial charge in [0.25, 0.3) is 0 Å². The molecule has 108 valence electrons. The number of hydrogen-bond donors (Lipinski definition) is 1. The maximum absolute atomic E-state index is 13.1. The minimum absolute atomic E-state index is 0.0370. The lowest BCUT2D eigenvalue weighted by Gasteiger charge is -2.30. The summed E-state index contributed by atoms with van der Waals surface area (Å²) in [6, 6.07) is 3.15. The minimum atomic E-state index is -4.57. The van der Waals surface area contributed by atoms with Crippen molar-refractivity contribution in [1.82, 2.24) is 0 Å². The minimum Gasteiger partial charge on any atom is -0.478 e. The number of carboxylic acids is 1. The van der Waals surface area contributed by atoms with Gasteiger partial charge in [0.2, 0.25) is 0 Å². The highest BCUT2D eigenvalue weighted by Crippen LogP contribution is 2.38. The summed E-state index contributed by atoms with van der Waals surface area (Å²) in [5.41, 5.74) is -0.209. The van der Waals surface area contributed by atoms with Gasteiger partial charge in [0, 0.05) is 18.8 Å². The van der Waals surface area contributed by atoms with Gasteiger partial charge in [-0.15, -0.1) is 0 Å². The van der Waals surface area contributed by atoms with Gasteiger partial charge < -0.3 is 10.0 Å². The van der Waals surface area contributed by atoms with Crippen molar-refractivity contribution < 1.29 is 23.1 Å². The lowest BCUT2D eigenvalue weighted by Crippen LogP contribution is -2.31. The SMILES string of the molecule is CC1=CCCN(c2ccc(C(=O)O)cc2C(F)(F)F)C1. The van der Waals surface area contributed by atoms with Crippen molar-refractivity contribution in [3.05, 3.63) is 41.0 Å². The van der Waals surface area contributed by atoms with E-state index in [0.717, 1.165) is 5.57 Å². The van der Waals surface area contributed by atoms with Crippen LogP contribution in [-0.4, -0.2) is 24.2 Å². The second kappa shape index (κ2) is 5.19. The summed E-state index contributed by atoms with van der Waals surface area (Å²) >= 11 is 0. The van der Waals surface area contributed by atoms with E-state index in [1.54, 1.807) is 4.90 Å². The fourth-order valence-corrected chi connectivity index (χ4v) is 2.29. The van der Waals surface area contributed by atoms with E-state index < -0.39 is 17.7 Å². The van der Waals surface area contributed by atoms with Crippen LogP contribution >= 0.6 is 0 Å². The first-order valence-electron chi connectivity index (χ1n) is 6.14. The Labute approximate surface area is 114 Å². The number of alkyl halides is 3. The van der Waals surface area contributed by atoms with Crippen LogP contribution in [0.4, 0.5) is 18.9 Å². The molecule has 1 aromatic carbocycles. The molecule has 0 aromatic heterocycles. The highest BCUT2D eigenvalue weighted by Gasteiger charge is 2.36. The Bertz CT molecular complexity index is 564. The number of anilines is 1. The van der Waals surface area contributed by atoms with Crippen LogP contribution in [0.25, 0.3) is 0 Å². The second-order valence-corrected chi connectivity index (χ2v) is 4.80. The molecule has 3 nitrogen and oxygen atoms in total. The molecule has 1 aliphatic rings. The quantitative estimate of drug-likeness (QED) is 0.845. The Morgan fingerprint density at radius 2 is 2.05 bits per heavy atom. The smallest absolute Gasteiger partial charge is 0.418 e. The molecule has 1 aromatic rings. The maximum atomic E-state index is 13.1. The Hall–Kier alpha value is -1.98. The fraction of sp³-hybridized carbons (Fsp3) is 0.357. The van der Waals surface area contributed by atoms with E-state index in [-0.39, 0.29) is 11.3 Å². The molecule has 1 aliphatic heterocycles. The summed E-state index contributed by atoms with van der Waals surface area (Å²) in [5, 5.41) is 8.83. The topological polar surface area (TPSA) is 40.5 Å². The van der Waals surface area contributed by atoms with Crippen molar-refractivity contribution in [3.63, 3.8) is 0 Å². The number of hydrogen-bond acceptors (Lipinski definition) is 2. The average molecular weight is 285 g/mol. The molecule has 0 saturated carbocycles. The molecular formula is C14H14F3NO2. The fourth-order valence-electron chi connectivity index (χ4n) is 2.29. The zero-order valence-corrected chi connectivity index (χ0v) is 10.9. The first-order chi connectivity index (χ1) is 9.29. The molecule has 0 unspecified atom stereocenters. The van der Waals surface area contributed by atoms with Gasteiger partial charge in [0.15, 0.2) is 0 Å². The van der Waals surface area contributed by atoms with Crippen LogP contribution in [0.15, 0.2) is 29.8 Å². The number of nitrogens with zero attached hydrogens (tertiary/aromatic N) is 1. The molecular weight excluding hydrogens is 271 g/mol. The van der Waals surface area contributed by atoms with Gasteiger partial charge in [-0.25, -0.2) is 4.79 Å². The van der Waals surface area contributed by atoms with Crippen molar-refractivity contribution in [2.24, 2.45) is 0 Å². The Morgan fingerprint density at radius 3 is 2.60 bits per heavy atom. The molecule has 1 heterocycles. The molecule has 0 aliphatic carbocycles. The molecule has 0 bridgehead atoms. The molecule has 0 radical (unpaired) electrons. The van der Waals surface area contributed by atoms with Gasteiger partial charge >= 0.3 is 12.1 Å². The van der Waals surface area contributed by atoms with Crippen LogP contribution in [0.3, 0.4) is 0 Å². The lowest BCUT2D eigenvalue weighted by molar-refractivity contribution is -0.137. The van der Waals surface area contributed by atoms with Crippen LogP contribution in [0.2, 0.25) is 0 Å². The average Bonchev–Trinajstić information content (AvgIpc) is 2.37. The molecule has 0 amide bonds. The van der Waals surface area contributed by atoms with E-state index in [2.05, 4.69) is 0 Å². The number of carbonyl (C=O) groups is 1. The molecule has 1 N–H and O–H groups in total. The maximum Gasteiger partial charge on any atom is 0.418 e. The number of carboxylic acid groups (broad SMARTS) is 1. The predicted octanol–water partition coefficient (Wildman–Crippen LogP) is 3.56. The molecule has 6 heteroatoms. The van der Waals surface area contributed by atoms with Crippen molar-refractivity contribution in [2.45, 2.75) is 19.5 Å². The third kappa shape index (κ3) is 2.95. The predicted molar refractivity (Wildman–Crippen MR) is 69.0 cm³/mol. The summed E-state index contributed by atoms with van der Waals surface area (Å²) < 4.78 is 39.3. The lowest BCUT2D eigenvalue weighted by atomic mass is 10.0. The van der Waals surface area contributed by atoms with Crippen molar-refractivity contribution in [2.75, 3.05) is 18.0 Å². The second-order valence-electron chi connectivity index (χ2n) is 4.80. The van der Waals surface area contributed by atoms with Gasteiger partial charge in [0.1, 0.15) is 0 Å². The number of rotatable bonds is 2. The number of benzene rings is 1. The summed E-state index contributed by atoms with van der Waals surface area (Å²) in [6.45, 7) is 2.79. The first kappa shape index (κ1) is 14.4. The number of aromatic carboxylic acids is 1. The van der Waals surface area contributed by atoms with Crippen LogP contribution in [0, 0.1) is 0 Å². The molecule has 0 spiro atoms. The summed E-state index contributed by atoms with van der Waals surface area (Å²) in [4.78, 5) is 12.5. The van der Waals surface area contributed by atoms with Crippen molar-refractivity contribution in [1.29, 1.82) is 0 Å². The van der Waals surface area contributed by atoms with Gasteiger partial charge in [-0.2, -0.15) is 13.2 Å². The van der Waals surface area contributed by atoms with Gasteiger partial charge in [-0.1, -0.05) is 11.6 Å². The standard InChI is InChI=1S/C14H14F3NO2/c1-9-3-2-6-18(8-9)12-5-4-10(13(19)20)7-11(12)14(15,16)17/h3-5,7H,2,6,8H2,1H3,(H,19,20). The zero-order chi connectivity index (χ0) is 14.9. The van der Waals surface area contributed by atoms with Crippen molar-refractivity contribution in [3.8, 4) is 0 Å². The van der Waals surface area contributed by atoms with Crippen LogP contribution in [-0.2, 0) is 6.18 Å². The van der Waals surface area contributed by atoms with Crippen LogP contribution < -0.4 is 4.90 Å². The molecule has 0 saturated heterocycles. The monoisotopic (exact) mass is 285 g/mol. The van der Waals surface area contributed by atoms with Crippen molar-refractivity contribution >= 4 is 11.7 Å². The van der Waals surface area contributed by atoms with Gasteiger partial charge in [-0.05, 0) is 31.5 Å². The largest absolute Gasteiger partial charge is 0.478 e. The number of halogens is 3. The third-order valence-electron chi connectivity index (χ3n) is 3.22. The Morgan fingerprint density at radius 1 is 1.35 bits per heavy atom. The van der Waals surface area contributed by atoms with E-state index >= 15 is 0 Å². The van der Waals surface area contributed by atoms with E-state index in [4.69, 9.17) is 5.11 Å². The molecule has 2 rings (SSSR count). The van der Waals surface area contributed by atoms with E-state index in [0.29, 0.717) is 25.6 Å². The highest BCUT2D eigenvalue weighted by molar-refractivity contribution is 5.88. The van der Waals surface area contributed by atoms with Crippen LogP contribution in [0.5, 0.6) is 0 Å². The first-order valence-corrected chi connectivity index (χ1v) is 6.14. The summed E-state index contributed by atoms with van der Waals surface area (Å²) in [6.07, 6.45) is -1.89. The molecule has 20 heavy (non-hydrogen) atoms. The third-order valence-corrected chi connectivity index (χ3v) is 3.22. The molecule has 0 atom stereocenters. The normalized spacial score (nSPS) is 16.0. The highest BCUT2D eigenvalue weighted by atomic mass is 19.4. The summed E-state index contributed by atoms with van der Waals surface area (Å²) in [5.74, 6) is -1.36. The van der Waals surface area contributed by atoms with Gasteiger partial charge in [0.05, 0.1) is 11.1 Å². The van der Waals surface area contributed by atoms with Gasteiger partial charge in [-0.3, -0.25) is 0 Å². The van der Waals surface area contributed by atoms with Crippen LogP contribution in [0.1, 0.15) is 29.3 Å². The van der Waals surface area contributed by atoms with E-state index in [1.807, 2.05) is 13.0 Å². The Kier molecular flexibility index (Phi) is 3.74. The zero-order valence-electron chi connectivity index (χ0n) is 10.9. The summed E-state index contributed by atoms with van der Waals surface area (Å²) in [7, 11) is 0. The van der Waals surface area contributed by atoms with E-state index in [1.165, 1.54) is 12.1 Å². The van der Waals surface area contributed by atoms with E-state index in [9.17, 15) is 18.0 Å². The Balaban J connectivity index is 2.47.